The molecule has 190 valence electrons. The van der Waals surface area contributed by atoms with Gasteiger partial charge in [-0.15, -0.1) is 0 Å². The summed E-state index contributed by atoms with van der Waals surface area (Å²) in [5.41, 5.74) is 7.75. The second kappa shape index (κ2) is 8.77. The van der Waals surface area contributed by atoms with E-state index in [4.69, 9.17) is 0 Å². The predicted octanol–water partition coefficient (Wildman–Crippen LogP) is 8.03. The van der Waals surface area contributed by atoms with Gasteiger partial charge in [0, 0.05) is 10.8 Å². The monoisotopic (exact) mass is 552 g/mol. The SMILES string of the molecule is C[N+](C)=C1SC2(S1)c1ccccc1C(=CC1=C(Sc3ccccc3)C(=O)[C@@H]3C[C@H]1C3(C)C)c1ccccc12. The Kier molecular flexibility index (Phi) is 5.67. The number of benzene rings is 3. The molecule has 1 heterocycles. The highest BCUT2D eigenvalue weighted by atomic mass is 32.3. The Morgan fingerprint density at radius 2 is 1.42 bits per heavy atom. The third kappa shape index (κ3) is 3.44. The molecule has 2 bridgehead atoms. The molecule has 0 radical (unpaired) electrons. The van der Waals surface area contributed by atoms with Crippen molar-refractivity contribution in [3.63, 3.8) is 0 Å². The number of thioether (sulfide) groups is 3. The van der Waals surface area contributed by atoms with E-state index in [1.54, 1.807) is 11.8 Å². The van der Waals surface area contributed by atoms with Crippen LogP contribution in [0.2, 0.25) is 0 Å². The van der Waals surface area contributed by atoms with Crippen LogP contribution in [0, 0.1) is 17.3 Å². The predicted molar refractivity (Wildman–Crippen MR) is 163 cm³/mol. The van der Waals surface area contributed by atoms with E-state index in [1.807, 2.05) is 29.6 Å². The normalized spacial score (nSPS) is 26.4. The van der Waals surface area contributed by atoms with Gasteiger partial charge in [0.15, 0.2) is 5.78 Å². The van der Waals surface area contributed by atoms with Crippen molar-refractivity contribution in [1.29, 1.82) is 0 Å². The summed E-state index contributed by atoms with van der Waals surface area (Å²) in [5, 5.41) is 0. The van der Waals surface area contributed by atoms with Crippen LogP contribution in [0.3, 0.4) is 0 Å². The Balaban J connectivity index is 1.45. The van der Waals surface area contributed by atoms with Gasteiger partial charge in [-0.05, 0) is 92.9 Å². The second-order valence-corrected chi connectivity index (χ2v) is 15.4. The lowest BCUT2D eigenvalue weighted by atomic mass is 9.48. The quantitative estimate of drug-likeness (QED) is 0.306. The van der Waals surface area contributed by atoms with Crippen molar-refractivity contribution in [3.8, 4) is 0 Å². The van der Waals surface area contributed by atoms with Gasteiger partial charge in [0.2, 0.25) is 0 Å². The second-order valence-electron chi connectivity index (χ2n) is 11.4. The Bertz CT molecular complexity index is 1530. The maximum Gasteiger partial charge on any atom is 0.273 e. The minimum Gasteiger partial charge on any atom is -0.293 e. The molecule has 0 N–H and O–H groups in total. The van der Waals surface area contributed by atoms with Gasteiger partial charge < -0.3 is 0 Å². The minimum atomic E-state index is -0.136. The molecule has 5 heteroatoms. The van der Waals surface area contributed by atoms with E-state index < -0.39 is 0 Å². The molecule has 2 atom stereocenters. The molecule has 1 saturated heterocycles. The van der Waals surface area contributed by atoms with Crippen LogP contribution in [0.15, 0.2) is 100 Å². The summed E-state index contributed by atoms with van der Waals surface area (Å²) in [5.74, 6) is 0.834. The fourth-order valence-electron chi connectivity index (χ4n) is 6.51. The summed E-state index contributed by atoms with van der Waals surface area (Å²) in [6, 6.07) is 28.2. The van der Waals surface area contributed by atoms with Crippen molar-refractivity contribution in [2.24, 2.45) is 17.3 Å². The molecule has 2 nitrogen and oxygen atoms in total. The van der Waals surface area contributed by atoms with Crippen LogP contribution in [0.25, 0.3) is 5.57 Å². The highest BCUT2D eigenvalue weighted by molar-refractivity contribution is 8.53. The Labute approximate surface area is 237 Å². The van der Waals surface area contributed by atoms with E-state index >= 15 is 0 Å². The average Bonchev–Trinajstić information content (AvgIpc) is 2.89. The number of fused-ring (bicyclic) bond motifs is 5. The number of ketones is 1. The van der Waals surface area contributed by atoms with Gasteiger partial charge in [-0.2, -0.15) is 0 Å². The summed E-state index contributed by atoms with van der Waals surface area (Å²) in [6.07, 6.45) is 3.35. The van der Waals surface area contributed by atoms with Crippen molar-refractivity contribution in [3.05, 3.63) is 118 Å². The van der Waals surface area contributed by atoms with Gasteiger partial charge in [-0.3, -0.25) is 4.79 Å². The van der Waals surface area contributed by atoms with Crippen LogP contribution >= 0.6 is 35.3 Å². The van der Waals surface area contributed by atoms with Crippen molar-refractivity contribution in [1.82, 2.24) is 0 Å². The summed E-state index contributed by atoms with van der Waals surface area (Å²) in [7, 11) is 4.25. The molecule has 3 aromatic rings. The van der Waals surface area contributed by atoms with Crippen molar-refractivity contribution in [2.45, 2.75) is 29.2 Å². The minimum absolute atomic E-state index is 0.00556. The average molecular weight is 553 g/mol. The molecular formula is C33H30NOS3+. The van der Waals surface area contributed by atoms with Crippen LogP contribution in [0.4, 0.5) is 0 Å². The van der Waals surface area contributed by atoms with Crippen LogP contribution in [-0.2, 0) is 8.87 Å². The third-order valence-electron chi connectivity index (χ3n) is 8.68. The zero-order chi connectivity index (χ0) is 26.2. The van der Waals surface area contributed by atoms with Crippen molar-refractivity contribution in [2.75, 3.05) is 14.1 Å². The van der Waals surface area contributed by atoms with Gasteiger partial charge in [-0.1, -0.05) is 92.3 Å². The fraction of sp³-hybridized carbons (Fsp3) is 0.273. The van der Waals surface area contributed by atoms with E-state index in [0.717, 1.165) is 16.2 Å². The molecule has 0 amide bonds. The molecule has 38 heavy (non-hydrogen) atoms. The summed E-state index contributed by atoms with van der Waals surface area (Å²) >= 11 is 5.57. The van der Waals surface area contributed by atoms with Gasteiger partial charge in [0.25, 0.3) is 4.38 Å². The summed E-state index contributed by atoms with van der Waals surface area (Å²) < 4.78 is 3.42. The first-order valence-corrected chi connectivity index (χ1v) is 15.6. The lowest BCUT2D eigenvalue weighted by molar-refractivity contribution is -0.458. The first kappa shape index (κ1) is 24.6. The molecule has 0 unspecified atom stereocenters. The molecule has 1 spiro atoms. The number of carbonyl (C=O) groups excluding carboxylic acids is 1. The van der Waals surface area contributed by atoms with Crippen LogP contribution in [0.1, 0.15) is 42.5 Å². The highest BCUT2D eigenvalue weighted by Gasteiger charge is 2.58. The lowest BCUT2D eigenvalue weighted by Gasteiger charge is -2.56. The highest BCUT2D eigenvalue weighted by Crippen LogP contribution is 2.68. The zero-order valence-corrected chi connectivity index (χ0v) is 24.5. The molecular weight excluding hydrogens is 523 g/mol. The number of nitrogens with zero attached hydrogens (tertiary/aromatic N) is 1. The van der Waals surface area contributed by atoms with E-state index in [1.165, 1.54) is 37.8 Å². The number of hydrogen-bond donors (Lipinski definition) is 0. The Morgan fingerprint density at radius 3 is 2.00 bits per heavy atom. The molecule has 1 aliphatic heterocycles. The van der Waals surface area contributed by atoms with E-state index in [9.17, 15) is 4.79 Å². The first-order valence-electron chi connectivity index (χ1n) is 13.2. The third-order valence-corrected chi connectivity index (χ3v) is 13.4. The molecule has 0 aromatic heterocycles. The number of hydrogen-bond acceptors (Lipinski definition) is 4. The van der Waals surface area contributed by atoms with Crippen molar-refractivity contribution < 1.29 is 9.37 Å². The number of carbonyl (C=O) groups is 1. The number of allylic oxidation sites excluding steroid dienone is 3. The standard InChI is InChI=1S/C33H30NOS3/c1-32(2)27-19-28(32)29(35)30(36-20-12-6-5-7-13-20)24(27)18-23-21-14-8-10-16-25(21)33(37-31(38-33)34(3)4)26-17-11-9-15-22(23)26/h5-18,27-28H,19H2,1-4H3/q+1/t27-,28+/m1/s1. The Morgan fingerprint density at radius 1 is 0.842 bits per heavy atom. The smallest absolute Gasteiger partial charge is 0.273 e. The van der Waals surface area contributed by atoms with Gasteiger partial charge in [-0.25, -0.2) is 4.58 Å². The maximum absolute atomic E-state index is 13.9. The maximum atomic E-state index is 13.9. The molecule has 1 saturated carbocycles. The topological polar surface area (TPSA) is 20.1 Å². The molecule has 5 aliphatic rings. The van der Waals surface area contributed by atoms with Gasteiger partial charge in [0.05, 0.1) is 4.91 Å². The first-order chi connectivity index (χ1) is 18.3. The van der Waals surface area contributed by atoms with E-state index in [0.29, 0.717) is 11.7 Å². The van der Waals surface area contributed by atoms with Crippen molar-refractivity contribution >= 4 is 51.0 Å². The summed E-state index contributed by atoms with van der Waals surface area (Å²) in [4.78, 5) is 15.9. The number of Topliss-reactive ketones (excluding diaryl/α,β-unsaturated/α-hetero) is 1. The molecule has 4 aliphatic carbocycles. The van der Waals surface area contributed by atoms with Gasteiger partial charge in [0.1, 0.15) is 18.2 Å². The molecule has 8 rings (SSSR count). The fourth-order valence-corrected chi connectivity index (χ4v) is 10.6. The van der Waals surface area contributed by atoms with E-state index in [2.05, 4.69) is 111 Å². The molecule has 3 aromatic carbocycles. The zero-order valence-electron chi connectivity index (χ0n) is 22.0. The van der Waals surface area contributed by atoms with Gasteiger partial charge >= 0.3 is 0 Å². The Hall–Kier alpha value is -2.47. The largest absolute Gasteiger partial charge is 0.293 e. The lowest BCUT2D eigenvalue weighted by Crippen LogP contribution is -2.53. The molecule has 2 fully saturated rings. The van der Waals surface area contributed by atoms with E-state index in [-0.39, 0.29) is 15.4 Å². The van der Waals surface area contributed by atoms with Crippen LogP contribution in [-0.4, -0.2) is 28.8 Å². The number of rotatable bonds is 3. The van der Waals surface area contributed by atoms with Crippen LogP contribution < -0.4 is 0 Å². The summed E-state index contributed by atoms with van der Waals surface area (Å²) in [6.45, 7) is 4.56. The van der Waals surface area contributed by atoms with Crippen LogP contribution in [0.5, 0.6) is 0 Å².